The molecule has 3 rings (SSSR count). The first-order valence-electron chi connectivity index (χ1n) is 7.71. The number of rotatable bonds is 6. The van der Waals surface area contributed by atoms with Crippen LogP contribution in [0.4, 0.5) is 0 Å². The van der Waals surface area contributed by atoms with Crippen LogP contribution in [-0.4, -0.2) is 9.97 Å². The largest absolute Gasteiger partial charge is 0.439 e. The molecule has 0 aliphatic heterocycles. The Morgan fingerprint density at radius 3 is 2.50 bits per heavy atom. The van der Waals surface area contributed by atoms with Crippen molar-refractivity contribution in [1.29, 1.82) is 0 Å². The Kier molecular flexibility index (Phi) is 5.72. The molecule has 0 bridgehead atoms. The molecule has 0 aliphatic carbocycles. The zero-order valence-electron chi connectivity index (χ0n) is 13.3. The van der Waals surface area contributed by atoms with Crippen molar-refractivity contribution in [3.05, 3.63) is 76.9 Å². The molecule has 0 unspecified atom stereocenters. The van der Waals surface area contributed by atoms with Crippen LogP contribution < -0.4 is 4.74 Å². The Labute approximate surface area is 151 Å². The van der Waals surface area contributed by atoms with Crippen LogP contribution >= 0.6 is 23.4 Å². The highest BCUT2D eigenvalue weighted by atomic mass is 35.5. The quantitative estimate of drug-likeness (QED) is 0.414. The van der Waals surface area contributed by atoms with E-state index in [1.165, 1.54) is 0 Å². The van der Waals surface area contributed by atoms with Crippen molar-refractivity contribution in [2.75, 3.05) is 0 Å². The van der Waals surface area contributed by atoms with E-state index in [-0.39, 0.29) is 0 Å². The maximum Gasteiger partial charge on any atom is 0.223 e. The smallest absolute Gasteiger partial charge is 0.223 e. The van der Waals surface area contributed by atoms with Gasteiger partial charge in [-0.2, -0.15) is 4.98 Å². The fourth-order valence-corrected chi connectivity index (χ4v) is 3.27. The number of thioether (sulfide) groups is 1. The minimum atomic E-state index is 0.565. The number of aromatic nitrogens is 2. The van der Waals surface area contributed by atoms with Gasteiger partial charge >= 0.3 is 0 Å². The zero-order valence-corrected chi connectivity index (χ0v) is 14.8. The first kappa shape index (κ1) is 16.8. The fourth-order valence-electron chi connectivity index (χ4n) is 2.11. The van der Waals surface area contributed by atoms with E-state index in [0.717, 1.165) is 34.2 Å². The van der Waals surface area contributed by atoms with Gasteiger partial charge in [0.05, 0.1) is 0 Å². The van der Waals surface area contributed by atoms with Crippen LogP contribution in [0.15, 0.2) is 65.8 Å². The fraction of sp³-hybridized carbons (Fsp3) is 0.158. The normalized spacial score (nSPS) is 10.6. The molecular formula is C19H17ClN2OS. The van der Waals surface area contributed by atoms with E-state index in [9.17, 15) is 0 Å². The lowest BCUT2D eigenvalue weighted by molar-refractivity contribution is 0.454. The van der Waals surface area contributed by atoms with Crippen molar-refractivity contribution in [2.24, 2.45) is 0 Å². The third kappa shape index (κ3) is 4.49. The summed E-state index contributed by atoms with van der Waals surface area (Å²) in [5.74, 6) is 2.05. The van der Waals surface area contributed by atoms with Crippen LogP contribution in [0.3, 0.4) is 0 Å². The van der Waals surface area contributed by atoms with Crippen molar-refractivity contribution in [3.8, 4) is 11.6 Å². The number of benzene rings is 2. The number of hydrogen-bond acceptors (Lipinski definition) is 4. The molecule has 0 radical (unpaired) electrons. The molecule has 1 aromatic heterocycles. The summed E-state index contributed by atoms with van der Waals surface area (Å²) in [6.07, 6.45) is 0.827. The monoisotopic (exact) mass is 356 g/mol. The molecular weight excluding hydrogens is 340 g/mol. The Morgan fingerprint density at radius 1 is 1.00 bits per heavy atom. The molecule has 2 aromatic carbocycles. The van der Waals surface area contributed by atoms with Crippen molar-refractivity contribution in [3.63, 3.8) is 0 Å². The molecule has 0 fully saturated rings. The minimum Gasteiger partial charge on any atom is -0.439 e. The Morgan fingerprint density at radius 2 is 1.75 bits per heavy atom. The standard InChI is InChI=1S/C19H17ClN2OS/c1-2-15-12-18(23-16-9-4-3-5-10-16)22-19(21-15)24-13-14-8-6-7-11-17(14)20/h3-12H,2,13H2,1H3. The summed E-state index contributed by atoms with van der Waals surface area (Å²) in [7, 11) is 0. The first-order valence-corrected chi connectivity index (χ1v) is 9.08. The lowest BCUT2D eigenvalue weighted by atomic mass is 10.2. The maximum atomic E-state index is 6.21. The Bertz CT molecular complexity index is 811. The molecule has 5 heteroatoms. The second kappa shape index (κ2) is 8.18. The van der Waals surface area contributed by atoms with Crippen LogP contribution in [0, 0.1) is 0 Å². The highest BCUT2D eigenvalue weighted by molar-refractivity contribution is 7.98. The number of para-hydroxylation sites is 1. The van der Waals surface area contributed by atoms with Crippen molar-refractivity contribution < 1.29 is 4.74 Å². The summed E-state index contributed by atoms with van der Waals surface area (Å²) in [5, 5.41) is 1.46. The average Bonchev–Trinajstić information content (AvgIpc) is 2.62. The molecule has 0 amide bonds. The molecule has 1 heterocycles. The van der Waals surface area contributed by atoms with Crippen molar-refractivity contribution in [2.45, 2.75) is 24.3 Å². The number of ether oxygens (including phenoxy) is 1. The summed E-state index contributed by atoms with van der Waals surface area (Å²) < 4.78 is 5.85. The summed E-state index contributed by atoms with van der Waals surface area (Å²) in [6.45, 7) is 2.07. The topological polar surface area (TPSA) is 35.0 Å². The Balaban J connectivity index is 1.77. The molecule has 0 saturated carbocycles. The van der Waals surface area contributed by atoms with Crippen molar-refractivity contribution in [1.82, 2.24) is 9.97 Å². The average molecular weight is 357 g/mol. The summed E-state index contributed by atoms with van der Waals surface area (Å²) in [6, 6.07) is 19.3. The predicted octanol–water partition coefficient (Wildman–Crippen LogP) is 5.78. The van der Waals surface area contributed by atoms with Crippen LogP contribution in [0.1, 0.15) is 18.2 Å². The molecule has 0 atom stereocenters. The van der Waals surface area contributed by atoms with Crippen molar-refractivity contribution >= 4 is 23.4 Å². The molecule has 3 nitrogen and oxygen atoms in total. The van der Waals surface area contributed by atoms with E-state index in [1.54, 1.807) is 11.8 Å². The van der Waals surface area contributed by atoms with Gasteiger partial charge in [0, 0.05) is 22.5 Å². The van der Waals surface area contributed by atoms with E-state index in [2.05, 4.69) is 16.9 Å². The van der Waals surface area contributed by atoms with Crippen LogP contribution in [0.5, 0.6) is 11.6 Å². The van der Waals surface area contributed by atoms with Crippen LogP contribution in [0.2, 0.25) is 5.02 Å². The maximum absolute atomic E-state index is 6.21. The van der Waals surface area contributed by atoms with Gasteiger partial charge in [0.2, 0.25) is 5.88 Å². The van der Waals surface area contributed by atoms with Crippen LogP contribution in [0.25, 0.3) is 0 Å². The lowest BCUT2D eigenvalue weighted by Gasteiger charge is -2.09. The molecule has 0 N–H and O–H groups in total. The number of hydrogen-bond donors (Lipinski definition) is 0. The lowest BCUT2D eigenvalue weighted by Crippen LogP contribution is -1.97. The first-order chi connectivity index (χ1) is 11.7. The molecule has 3 aromatic rings. The molecule has 0 spiro atoms. The van der Waals surface area contributed by atoms with E-state index in [0.29, 0.717) is 11.0 Å². The van der Waals surface area contributed by atoms with Gasteiger partial charge in [-0.25, -0.2) is 4.98 Å². The SMILES string of the molecule is CCc1cc(Oc2ccccc2)nc(SCc2ccccc2Cl)n1. The van der Waals surface area contributed by atoms with E-state index >= 15 is 0 Å². The number of halogens is 1. The summed E-state index contributed by atoms with van der Waals surface area (Å²) in [5.41, 5.74) is 2.03. The van der Waals surface area contributed by atoms with Gasteiger partial charge in [0.15, 0.2) is 5.16 Å². The van der Waals surface area contributed by atoms with Gasteiger partial charge in [0.25, 0.3) is 0 Å². The van der Waals surface area contributed by atoms with Gasteiger partial charge < -0.3 is 4.74 Å². The van der Waals surface area contributed by atoms with E-state index in [4.69, 9.17) is 16.3 Å². The third-order valence-corrected chi connectivity index (χ3v) is 4.64. The van der Waals surface area contributed by atoms with E-state index < -0.39 is 0 Å². The van der Waals surface area contributed by atoms with Gasteiger partial charge in [-0.15, -0.1) is 0 Å². The molecule has 122 valence electrons. The highest BCUT2D eigenvalue weighted by Gasteiger charge is 2.08. The Hall–Kier alpha value is -2.04. The summed E-state index contributed by atoms with van der Waals surface area (Å²) in [4.78, 5) is 9.07. The van der Waals surface area contributed by atoms with Gasteiger partial charge in [-0.3, -0.25) is 0 Å². The molecule has 24 heavy (non-hydrogen) atoms. The van der Waals surface area contributed by atoms with Gasteiger partial charge in [-0.05, 0) is 30.2 Å². The molecule has 0 saturated heterocycles. The van der Waals surface area contributed by atoms with E-state index in [1.807, 2.05) is 60.7 Å². The highest BCUT2D eigenvalue weighted by Crippen LogP contribution is 2.27. The zero-order chi connectivity index (χ0) is 16.8. The van der Waals surface area contributed by atoms with Gasteiger partial charge in [0.1, 0.15) is 5.75 Å². The molecule has 0 aliphatic rings. The van der Waals surface area contributed by atoms with Gasteiger partial charge in [-0.1, -0.05) is 66.7 Å². The number of nitrogens with zero attached hydrogens (tertiary/aromatic N) is 2. The number of aryl methyl sites for hydroxylation is 1. The predicted molar refractivity (Wildman–Crippen MR) is 98.9 cm³/mol. The second-order valence-corrected chi connectivity index (χ2v) is 6.48. The van der Waals surface area contributed by atoms with Crippen LogP contribution in [-0.2, 0) is 12.2 Å². The second-order valence-electron chi connectivity index (χ2n) is 5.13. The minimum absolute atomic E-state index is 0.565. The summed E-state index contributed by atoms with van der Waals surface area (Å²) >= 11 is 7.76. The third-order valence-electron chi connectivity index (χ3n) is 3.38.